The summed E-state index contributed by atoms with van der Waals surface area (Å²) in [5.74, 6) is 1.49. The molecule has 0 bridgehead atoms. The second kappa shape index (κ2) is 11.0. The van der Waals surface area contributed by atoms with Crippen molar-refractivity contribution in [2.24, 2.45) is 5.92 Å². The molecule has 0 saturated carbocycles. The van der Waals surface area contributed by atoms with Crippen LogP contribution in [0.25, 0.3) is 0 Å². The lowest BCUT2D eigenvalue weighted by Crippen LogP contribution is -2.50. The summed E-state index contributed by atoms with van der Waals surface area (Å²) in [5, 5.41) is 0. The van der Waals surface area contributed by atoms with Crippen molar-refractivity contribution in [3.8, 4) is 5.75 Å². The van der Waals surface area contributed by atoms with E-state index in [0.717, 1.165) is 45.2 Å². The summed E-state index contributed by atoms with van der Waals surface area (Å²) in [5.41, 5.74) is 1.18. The zero-order valence-electron chi connectivity index (χ0n) is 18.0. The Kier molecular flexibility index (Phi) is 8.40. The molecule has 6 nitrogen and oxygen atoms in total. The molecule has 2 aliphatic rings. The lowest BCUT2D eigenvalue weighted by molar-refractivity contribution is 0.0292. The van der Waals surface area contributed by atoms with E-state index in [4.69, 9.17) is 9.47 Å². The van der Waals surface area contributed by atoms with Crippen LogP contribution in [0.3, 0.4) is 0 Å². The predicted octanol–water partition coefficient (Wildman–Crippen LogP) is 1.72. The molecule has 28 heavy (non-hydrogen) atoms. The number of hydrogen-bond donors (Lipinski definition) is 0. The zero-order chi connectivity index (χ0) is 19.8. The minimum atomic E-state index is 0.530. The second-order valence-corrected chi connectivity index (χ2v) is 8.40. The van der Waals surface area contributed by atoms with Gasteiger partial charge in [0.25, 0.3) is 0 Å². The summed E-state index contributed by atoms with van der Waals surface area (Å²) < 4.78 is 11.5. The Morgan fingerprint density at radius 3 is 2.29 bits per heavy atom. The molecule has 1 aromatic carbocycles. The molecule has 2 saturated heterocycles. The van der Waals surface area contributed by atoms with Crippen LogP contribution in [0.15, 0.2) is 24.3 Å². The summed E-state index contributed by atoms with van der Waals surface area (Å²) in [6.45, 7) is 15.2. The number of morpholine rings is 1. The van der Waals surface area contributed by atoms with Gasteiger partial charge < -0.3 is 19.3 Å². The Morgan fingerprint density at radius 2 is 1.61 bits per heavy atom. The highest BCUT2D eigenvalue weighted by Crippen LogP contribution is 2.20. The highest BCUT2D eigenvalue weighted by Gasteiger charge is 2.20. The minimum absolute atomic E-state index is 0.530. The third kappa shape index (κ3) is 6.92. The van der Waals surface area contributed by atoms with E-state index in [9.17, 15) is 0 Å². The van der Waals surface area contributed by atoms with Crippen LogP contribution in [0.4, 0.5) is 5.69 Å². The van der Waals surface area contributed by atoms with Crippen molar-refractivity contribution in [1.82, 2.24) is 14.7 Å². The molecule has 0 spiro atoms. The van der Waals surface area contributed by atoms with Crippen molar-refractivity contribution >= 4 is 5.69 Å². The van der Waals surface area contributed by atoms with Crippen LogP contribution in [0.5, 0.6) is 5.75 Å². The maximum Gasteiger partial charge on any atom is 0.121 e. The molecule has 2 fully saturated rings. The van der Waals surface area contributed by atoms with Crippen LogP contribution < -0.4 is 9.64 Å². The Bertz CT molecular complexity index is 569. The molecule has 0 amide bonds. The summed E-state index contributed by atoms with van der Waals surface area (Å²) in [6.07, 6.45) is 0. The average Bonchev–Trinajstić information content (AvgIpc) is 2.73. The molecule has 0 aromatic heterocycles. The highest BCUT2D eigenvalue weighted by molar-refractivity contribution is 5.49. The SMILES string of the molecule is CC(COc1cccc(N(C)C)c1)CN1CCN(CCN2CCOCC2)CC1. The monoisotopic (exact) mass is 390 g/mol. The molecule has 158 valence electrons. The number of hydrogen-bond acceptors (Lipinski definition) is 6. The van der Waals surface area contributed by atoms with Gasteiger partial charge in [0, 0.05) is 90.7 Å². The van der Waals surface area contributed by atoms with E-state index in [1.165, 1.54) is 45.0 Å². The van der Waals surface area contributed by atoms with E-state index in [2.05, 4.69) is 58.8 Å². The van der Waals surface area contributed by atoms with Crippen molar-refractivity contribution in [3.05, 3.63) is 24.3 Å². The number of benzene rings is 1. The van der Waals surface area contributed by atoms with Crippen molar-refractivity contribution in [2.45, 2.75) is 6.92 Å². The van der Waals surface area contributed by atoms with Crippen molar-refractivity contribution in [3.63, 3.8) is 0 Å². The second-order valence-electron chi connectivity index (χ2n) is 8.40. The molecule has 2 heterocycles. The molecular weight excluding hydrogens is 352 g/mol. The lowest BCUT2D eigenvalue weighted by Gasteiger charge is -2.37. The highest BCUT2D eigenvalue weighted by atomic mass is 16.5. The Hall–Kier alpha value is -1.34. The first-order valence-electron chi connectivity index (χ1n) is 10.7. The smallest absolute Gasteiger partial charge is 0.121 e. The molecule has 0 N–H and O–H groups in total. The first kappa shape index (κ1) is 21.4. The normalized spacial score (nSPS) is 20.8. The van der Waals surface area contributed by atoms with Gasteiger partial charge in [-0.1, -0.05) is 13.0 Å². The summed E-state index contributed by atoms with van der Waals surface area (Å²) in [4.78, 5) is 9.84. The largest absolute Gasteiger partial charge is 0.493 e. The van der Waals surface area contributed by atoms with Gasteiger partial charge in [0.15, 0.2) is 0 Å². The van der Waals surface area contributed by atoms with Gasteiger partial charge in [-0.2, -0.15) is 0 Å². The van der Waals surface area contributed by atoms with E-state index in [-0.39, 0.29) is 0 Å². The van der Waals surface area contributed by atoms with Gasteiger partial charge in [0.2, 0.25) is 0 Å². The van der Waals surface area contributed by atoms with Crippen LogP contribution in [0.2, 0.25) is 0 Å². The number of ether oxygens (including phenoxy) is 2. The number of anilines is 1. The van der Waals surface area contributed by atoms with Crippen molar-refractivity contribution < 1.29 is 9.47 Å². The van der Waals surface area contributed by atoms with Gasteiger partial charge in [0.05, 0.1) is 19.8 Å². The fraction of sp³-hybridized carbons (Fsp3) is 0.727. The van der Waals surface area contributed by atoms with Crippen molar-refractivity contribution in [2.75, 3.05) is 97.7 Å². The number of rotatable bonds is 9. The molecule has 6 heteroatoms. The van der Waals surface area contributed by atoms with Crippen LogP contribution in [0, 0.1) is 5.92 Å². The maximum atomic E-state index is 6.05. The maximum absolute atomic E-state index is 6.05. The van der Waals surface area contributed by atoms with Crippen LogP contribution >= 0.6 is 0 Å². The quantitative estimate of drug-likeness (QED) is 0.638. The minimum Gasteiger partial charge on any atom is -0.493 e. The third-order valence-electron chi connectivity index (χ3n) is 5.74. The molecule has 0 radical (unpaired) electrons. The van der Waals surface area contributed by atoms with Crippen LogP contribution in [-0.2, 0) is 4.74 Å². The van der Waals surface area contributed by atoms with E-state index in [1.54, 1.807) is 0 Å². The molecule has 0 aliphatic carbocycles. The van der Waals surface area contributed by atoms with Gasteiger partial charge in [-0.15, -0.1) is 0 Å². The van der Waals surface area contributed by atoms with E-state index < -0.39 is 0 Å². The van der Waals surface area contributed by atoms with Gasteiger partial charge in [-0.05, 0) is 12.1 Å². The summed E-state index contributed by atoms with van der Waals surface area (Å²) >= 11 is 0. The fourth-order valence-electron chi connectivity index (χ4n) is 3.89. The standard InChI is InChI=1S/C22H38N4O2/c1-20(19-28-22-6-4-5-21(17-22)23(2)3)18-26-11-9-24(10-12-26)7-8-25-13-15-27-16-14-25/h4-6,17,20H,7-16,18-19H2,1-3H3. The number of nitrogens with zero attached hydrogens (tertiary/aromatic N) is 4. The van der Waals surface area contributed by atoms with Crippen LogP contribution in [0.1, 0.15) is 6.92 Å². The lowest BCUT2D eigenvalue weighted by atomic mass is 10.1. The Labute approximate surface area is 171 Å². The van der Waals surface area contributed by atoms with Gasteiger partial charge >= 0.3 is 0 Å². The van der Waals surface area contributed by atoms with Crippen LogP contribution in [-0.4, -0.2) is 108 Å². The molecule has 3 rings (SSSR count). The summed E-state index contributed by atoms with van der Waals surface area (Å²) in [7, 11) is 4.12. The molecule has 1 atom stereocenters. The molecule has 1 unspecified atom stereocenters. The third-order valence-corrected chi connectivity index (χ3v) is 5.74. The van der Waals surface area contributed by atoms with E-state index >= 15 is 0 Å². The average molecular weight is 391 g/mol. The molecular formula is C22H38N4O2. The van der Waals surface area contributed by atoms with Gasteiger partial charge in [0.1, 0.15) is 5.75 Å². The first-order chi connectivity index (χ1) is 13.6. The predicted molar refractivity (Wildman–Crippen MR) is 116 cm³/mol. The van der Waals surface area contributed by atoms with E-state index in [1.807, 2.05) is 6.07 Å². The molecule has 2 aliphatic heterocycles. The number of piperazine rings is 1. The molecule has 1 aromatic rings. The Balaban J connectivity index is 1.31. The Morgan fingerprint density at radius 1 is 0.964 bits per heavy atom. The first-order valence-corrected chi connectivity index (χ1v) is 10.7. The fourth-order valence-corrected chi connectivity index (χ4v) is 3.89. The topological polar surface area (TPSA) is 31.4 Å². The zero-order valence-corrected chi connectivity index (χ0v) is 18.0. The summed E-state index contributed by atoms with van der Waals surface area (Å²) in [6, 6.07) is 8.33. The van der Waals surface area contributed by atoms with E-state index in [0.29, 0.717) is 5.92 Å². The van der Waals surface area contributed by atoms with Gasteiger partial charge in [-0.25, -0.2) is 0 Å². The van der Waals surface area contributed by atoms with Gasteiger partial charge in [-0.3, -0.25) is 9.80 Å². The van der Waals surface area contributed by atoms with Crippen molar-refractivity contribution in [1.29, 1.82) is 0 Å².